The second kappa shape index (κ2) is 6.13. The van der Waals surface area contributed by atoms with Crippen molar-refractivity contribution in [2.45, 2.75) is 6.54 Å². The van der Waals surface area contributed by atoms with Crippen molar-refractivity contribution in [3.8, 4) is 28.7 Å². The largest absolute Gasteiger partial charge is 0.504 e. The minimum Gasteiger partial charge on any atom is -0.504 e. The third kappa shape index (κ3) is 3.05. The average molecular weight is 291 g/mol. The first kappa shape index (κ1) is 14.6. The van der Waals surface area contributed by atoms with Crippen LogP contribution in [0.1, 0.15) is 5.56 Å². The van der Waals surface area contributed by atoms with Crippen molar-refractivity contribution in [1.82, 2.24) is 0 Å². The van der Waals surface area contributed by atoms with Crippen LogP contribution in [0.2, 0.25) is 0 Å². The summed E-state index contributed by atoms with van der Waals surface area (Å²) in [6.07, 6.45) is 0. The van der Waals surface area contributed by atoms with Gasteiger partial charge >= 0.3 is 0 Å². The van der Waals surface area contributed by atoms with Crippen molar-refractivity contribution < 1.29 is 24.8 Å². The fourth-order valence-electron chi connectivity index (χ4n) is 1.90. The first-order chi connectivity index (χ1) is 10.1. The maximum absolute atomic E-state index is 9.74. The van der Waals surface area contributed by atoms with E-state index in [1.807, 2.05) is 0 Å². The summed E-state index contributed by atoms with van der Waals surface area (Å²) in [5, 5.41) is 31.6. The molecule has 21 heavy (non-hydrogen) atoms. The lowest BCUT2D eigenvalue weighted by Crippen LogP contribution is -2.00. The molecule has 0 radical (unpaired) electrons. The Morgan fingerprint density at radius 2 is 1.62 bits per heavy atom. The molecule has 6 heteroatoms. The summed E-state index contributed by atoms with van der Waals surface area (Å²) in [5.41, 5.74) is 1.22. The van der Waals surface area contributed by atoms with Crippen LogP contribution in [0, 0.1) is 0 Å². The molecule has 2 aromatic rings. The number of phenolic OH excluding ortho intramolecular Hbond substituents is 3. The van der Waals surface area contributed by atoms with Crippen LogP contribution in [0.25, 0.3) is 0 Å². The maximum atomic E-state index is 9.74. The number of ether oxygens (including phenoxy) is 2. The highest BCUT2D eigenvalue weighted by Gasteiger charge is 2.11. The Labute approximate surface area is 122 Å². The fraction of sp³-hybridized carbons (Fsp3) is 0.200. The van der Waals surface area contributed by atoms with Gasteiger partial charge in [-0.2, -0.15) is 0 Å². The van der Waals surface area contributed by atoms with Crippen molar-refractivity contribution in [2.75, 3.05) is 19.5 Å². The lowest BCUT2D eigenvalue weighted by atomic mass is 10.1. The SMILES string of the molecule is COc1ccc(NCc2ccc(O)c(O)c2O)cc1OC. The quantitative estimate of drug-likeness (QED) is 0.632. The number of hydrogen-bond donors (Lipinski definition) is 4. The maximum Gasteiger partial charge on any atom is 0.200 e. The normalized spacial score (nSPS) is 10.2. The highest BCUT2D eigenvalue weighted by molar-refractivity contribution is 5.57. The molecule has 4 N–H and O–H groups in total. The molecule has 0 heterocycles. The fourth-order valence-corrected chi connectivity index (χ4v) is 1.90. The van der Waals surface area contributed by atoms with E-state index in [2.05, 4.69) is 5.32 Å². The second-order valence-corrected chi connectivity index (χ2v) is 4.36. The Kier molecular flexibility index (Phi) is 4.27. The molecule has 6 nitrogen and oxygen atoms in total. The number of nitrogens with one attached hydrogen (secondary N) is 1. The van der Waals surface area contributed by atoms with E-state index in [9.17, 15) is 15.3 Å². The van der Waals surface area contributed by atoms with E-state index in [0.29, 0.717) is 17.1 Å². The van der Waals surface area contributed by atoms with Gasteiger partial charge in [0, 0.05) is 23.9 Å². The average Bonchev–Trinajstić information content (AvgIpc) is 2.51. The van der Waals surface area contributed by atoms with Gasteiger partial charge in [-0.15, -0.1) is 0 Å². The van der Waals surface area contributed by atoms with Crippen molar-refractivity contribution >= 4 is 5.69 Å². The smallest absolute Gasteiger partial charge is 0.200 e. The van der Waals surface area contributed by atoms with Crippen molar-refractivity contribution in [1.29, 1.82) is 0 Å². The minimum absolute atomic E-state index is 0.273. The van der Waals surface area contributed by atoms with Gasteiger partial charge in [-0.3, -0.25) is 0 Å². The number of rotatable bonds is 5. The van der Waals surface area contributed by atoms with E-state index in [1.54, 1.807) is 32.4 Å². The molecule has 0 unspecified atom stereocenters. The molecule has 2 rings (SSSR count). The highest BCUT2D eigenvalue weighted by atomic mass is 16.5. The van der Waals surface area contributed by atoms with Crippen molar-refractivity contribution in [3.63, 3.8) is 0 Å². The molecule has 0 spiro atoms. The third-order valence-electron chi connectivity index (χ3n) is 3.08. The lowest BCUT2D eigenvalue weighted by Gasteiger charge is -2.12. The molecule has 0 saturated heterocycles. The number of aromatic hydroxyl groups is 3. The monoisotopic (exact) mass is 291 g/mol. The molecule has 0 amide bonds. The van der Waals surface area contributed by atoms with Crippen LogP contribution >= 0.6 is 0 Å². The molecular weight excluding hydrogens is 274 g/mol. The van der Waals surface area contributed by atoms with Gasteiger partial charge in [-0.25, -0.2) is 0 Å². The second-order valence-electron chi connectivity index (χ2n) is 4.36. The molecule has 0 saturated carbocycles. The Morgan fingerprint density at radius 3 is 2.29 bits per heavy atom. The zero-order valence-corrected chi connectivity index (χ0v) is 11.8. The number of methoxy groups -OCH3 is 2. The first-order valence-electron chi connectivity index (χ1n) is 6.25. The zero-order valence-electron chi connectivity index (χ0n) is 11.8. The minimum atomic E-state index is -0.526. The van der Waals surface area contributed by atoms with E-state index in [0.717, 1.165) is 5.69 Å². The van der Waals surface area contributed by atoms with Crippen LogP contribution in [-0.2, 0) is 6.54 Å². The summed E-state index contributed by atoms with van der Waals surface area (Å²) in [5.74, 6) is -0.0274. The van der Waals surface area contributed by atoms with Gasteiger partial charge in [0.1, 0.15) is 0 Å². The van der Waals surface area contributed by atoms with E-state index < -0.39 is 5.75 Å². The molecule has 0 aliphatic heterocycles. The van der Waals surface area contributed by atoms with Gasteiger partial charge < -0.3 is 30.1 Å². The van der Waals surface area contributed by atoms with Crippen LogP contribution in [0.5, 0.6) is 28.7 Å². The molecule has 0 aliphatic rings. The van der Waals surface area contributed by atoms with Gasteiger partial charge in [0.15, 0.2) is 23.0 Å². The Balaban J connectivity index is 2.15. The van der Waals surface area contributed by atoms with Gasteiger partial charge in [0.05, 0.1) is 14.2 Å². The van der Waals surface area contributed by atoms with Crippen molar-refractivity contribution in [3.05, 3.63) is 35.9 Å². The molecule has 0 atom stereocenters. The summed E-state index contributed by atoms with van der Waals surface area (Å²) < 4.78 is 10.3. The van der Waals surface area contributed by atoms with Crippen molar-refractivity contribution in [2.24, 2.45) is 0 Å². The number of anilines is 1. The van der Waals surface area contributed by atoms with Gasteiger partial charge in [-0.1, -0.05) is 0 Å². The highest BCUT2D eigenvalue weighted by Crippen LogP contribution is 2.37. The number of phenols is 3. The van der Waals surface area contributed by atoms with Crippen LogP contribution in [-0.4, -0.2) is 29.5 Å². The van der Waals surface area contributed by atoms with Gasteiger partial charge in [0.25, 0.3) is 0 Å². The summed E-state index contributed by atoms with van der Waals surface area (Å²) in [7, 11) is 3.10. The first-order valence-corrected chi connectivity index (χ1v) is 6.25. The Bertz CT molecular complexity index is 642. The summed E-state index contributed by atoms with van der Waals surface area (Å²) in [4.78, 5) is 0. The van der Waals surface area contributed by atoms with Crippen LogP contribution < -0.4 is 14.8 Å². The molecule has 112 valence electrons. The van der Waals surface area contributed by atoms with E-state index in [4.69, 9.17) is 9.47 Å². The molecule has 2 aromatic carbocycles. The molecule has 0 bridgehead atoms. The van der Waals surface area contributed by atoms with Gasteiger partial charge in [-0.05, 0) is 24.3 Å². The number of hydrogen-bond acceptors (Lipinski definition) is 6. The molecular formula is C15H17NO5. The zero-order chi connectivity index (χ0) is 15.4. The molecule has 0 aliphatic carbocycles. The Morgan fingerprint density at radius 1 is 0.905 bits per heavy atom. The molecule has 0 fully saturated rings. The Hall–Kier alpha value is -2.76. The topological polar surface area (TPSA) is 91.2 Å². The van der Waals surface area contributed by atoms with Crippen LogP contribution in [0.15, 0.2) is 30.3 Å². The van der Waals surface area contributed by atoms with Gasteiger partial charge in [0.2, 0.25) is 5.75 Å². The summed E-state index contributed by atoms with van der Waals surface area (Å²) in [6, 6.07) is 8.17. The lowest BCUT2D eigenvalue weighted by molar-refractivity contribution is 0.355. The third-order valence-corrected chi connectivity index (χ3v) is 3.08. The standard InChI is InChI=1S/C15H17NO5/c1-20-12-6-4-10(7-13(12)21-2)16-8-9-3-5-11(17)15(19)14(9)18/h3-7,16-19H,8H2,1-2H3. The predicted octanol–water partition coefficient (Wildman–Crippen LogP) is 2.43. The van der Waals surface area contributed by atoms with Crippen LogP contribution in [0.3, 0.4) is 0 Å². The summed E-state index contributed by atoms with van der Waals surface area (Å²) in [6.45, 7) is 0.273. The van der Waals surface area contributed by atoms with E-state index in [1.165, 1.54) is 12.1 Å². The number of benzene rings is 2. The van der Waals surface area contributed by atoms with E-state index >= 15 is 0 Å². The van der Waals surface area contributed by atoms with Crippen LogP contribution in [0.4, 0.5) is 5.69 Å². The molecule has 0 aromatic heterocycles. The predicted molar refractivity (Wildman–Crippen MR) is 78.3 cm³/mol. The van der Waals surface area contributed by atoms with E-state index in [-0.39, 0.29) is 18.0 Å². The summed E-state index contributed by atoms with van der Waals surface area (Å²) >= 11 is 0.